The monoisotopic (exact) mass is 355 g/mol. The lowest BCUT2D eigenvalue weighted by Crippen LogP contribution is -2.42. The van der Waals surface area contributed by atoms with Gasteiger partial charge in [-0.05, 0) is 32.4 Å². The summed E-state index contributed by atoms with van der Waals surface area (Å²) in [6.07, 6.45) is 1.79. The van der Waals surface area contributed by atoms with Crippen molar-refractivity contribution >= 4 is 21.6 Å². The van der Waals surface area contributed by atoms with Gasteiger partial charge in [-0.1, -0.05) is 6.07 Å². The van der Waals surface area contributed by atoms with Gasteiger partial charge in [0, 0.05) is 32.9 Å². The van der Waals surface area contributed by atoms with Crippen LogP contribution in [0.5, 0.6) is 0 Å². The zero-order chi connectivity index (χ0) is 18.2. The first kappa shape index (κ1) is 20.2. The van der Waals surface area contributed by atoms with Gasteiger partial charge in [-0.15, -0.1) is 0 Å². The molecule has 0 saturated carbocycles. The maximum absolute atomic E-state index is 11.3. The molecule has 1 atom stereocenters. The number of aromatic nitrogens is 1. The lowest BCUT2D eigenvalue weighted by molar-refractivity contribution is 0.581. The second-order valence-electron chi connectivity index (χ2n) is 6.04. The smallest absolute Gasteiger partial charge is 0.191 e. The lowest BCUT2D eigenvalue weighted by atomic mass is 10.3. The van der Waals surface area contributed by atoms with E-state index in [1.54, 1.807) is 0 Å². The van der Waals surface area contributed by atoms with Crippen molar-refractivity contribution in [3.8, 4) is 0 Å². The van der Waals surface area contributed by atoms with Gasteiger partial charge in [0.05, 0.1) is 18.0 Å². The summed E-state index contributed by atoms with van der Waals surface area (Å²) in [5, 5.41) is 6.40. The van der Waals surface area contributed by atoms with Gasteiger partial charge >= 0.3 is 0 Å². The Hall–Kier alpha value is -1.83. The van der Waals surface area contributed by atoms with E-state index in [0.29, 0.717) is 18.9 Å². The molecule has 0 aliphatic rings. The number of nitrogens with zero attached hydrogens (tertiary/aromatic N) is 3. The summed E-state index contributed by atoms with van der Waals surface area (Å²) in [4.78, 5) is 11.0. The Morgan fingerprint density at radius 1 is 1.38 bits per heavy atom. The third-order valence-corrected chi connectivity index (χ3v) is 4.28. The third kappa shape index (κ3) is 8.14. The van der Waals surface area contributed by atoms with Crippen LogP contribution in [0.1, 0.15) is 26.0 Å². The molecule has 0 bridgehead atoms. The lowest BCUT2D eigenvalue weighted by Gasteiger charge is -2.17. The van der Waals surface area contributed by atoms with E-state index in [4.69, 9.17) is 0 Å². The van der Waals surface area contributed by atoms with E-state index in [2.05, 4.69) is 20.6 Å². The molecule has 0 aliphatic carbocycles. The maximum Gasteiger partial charge on any atom is 0.191 e. The highest BCUT2D eigenvalue weighted by Crippen LogP contribution is 2.08. The normalized spacial score (nSPS) is 13.5. The Morgan fingerprint density at radius 3 is 2.67 bits per heavy atom. The summed E-state index contributed by atoms with van der Waals surface area (Å²) in [6.45, 7) is 5.12. The summed E-state index contributed by atoms with van der Waals surface area (Å²) in [5.41, 5.74) is 0.877. The van der Waals surface area contributed by atoms with Gasteiger partial charge in [-0.3, -0.25) is 0 Å². The van der Waals surface area contributed by atoms with Crippen LogP contribution < -0.4 is 15.5 Å². The van der Waals surface area contributed by atoms with Gasteiger partial charge < -0.3 is 15.5 Å². The number of nitrogens with one attached hydrogen (secondary N) is 2. The number of sulfone groups is 1. The van der Waals surface area contributed by atoms with Crippen molar-refractivity contribution in [2.24, 2.45) is 4.99 Å². The minimum atomic E-state index is -2.95. The summed E-state index contributed by atoms with van der Waals surface area (Å²) < 4.78 is 22.5. The van der Waals surface area contributed by atoms with E-state index < -0.39 is 9.84 Å². The first-order valence-corrected chi connectivity index (χ1v) is 10.1. The Kier molecular flexibility index (Phi) is 7.97. The zero-order valence-electron chi connectivity index (χ0n) is 15.2. The minimum Gasteiger partial charge on any atom is -0.363 e. The standard InChI is InChI=1S/C16H29N5O2S/c1-6-17-16(19-13(2)10-11-24(5,22)23)18-12-14-8-7-9-15(20-14)21(3)4/h7-9,13H,6,10-12H2,1-5H3,(H2,17,18,19). The number of anilines is 1. The summed E-state index contributed by atoms with van der Waals surface area (Å²) >= 11 is 0. The van der Waals surface area contributed by atoms with Gasteiger partial charge in [-0.2, -0.15) is 0 Å². The highest BCUT2D eigenvalue weighted by molar-refractivity contribution is 7.90. The molecule has 0 fully saturated rings. The van der Waals surface area contributed by atoms with Crippen LogP contribution in [0.3, 0.4) is 0 Å². The molecule has 1 rings (SSSR count). The van der Waals surface area contributed by atoms with Crippen LogP contribution in [-0.4, -0.2) is 58.1 Å². The molecule has 1 heterocycles. The first-order valence-electron chi connectivity index (χ1n) is 8.07. The molecule has 0 spiro atoms. The first-order chi connectivity index (χ1) is 11.2. The maximum atomic E-state index is 11.3. The molecule has 0 aromatic carbocycles. The molecule has 7 nitrogen and oxygen atoms in total. The van der Waals surface area contributed by atoms with Crippen LogP contribution in [-0.2, 0) is 16.4 Å². The molecule has 1 aromatic heterocycles. The molecule has 24 heavy (non-hydrogen) atoms. The van der Waals surface area contributed by atoms with Crippen molar-refractivity contribution in [1.82, 2.24) is 15.6 Å². The molecule has 2 N–H and O–H groups in total. The molecule has 0 amide bonds. The zero-order valence-corrected chi connectivity index (χ0v) is 16.0. The van der Waals surface area contributed by atoms with Crippen LogP contribution in [0, 0.1) is 0 Å². The minimum absolute atomic E-state index is 0.0126. The number of aliphatic imine (C=N–C) groups is 1. The Labute approximate surface area is 145 Å². The van der Waals surface area contributed by atoms with Gasteiger partial charge in [0.2, 0.25) is 0 Å². The van der Waals surface area contributed by atoms with Crippen LogP contribution in [0.15, 0.2) is 23.2 Å². The third-order valence-electron chi connectivity index (χ3n) is 3.30. The summed E-state index contributed by atoms with van der Waals surface area (Å²) in [6, 6.07) is 5.86. The average molecular weight is 356 g/mol. The van der Waals surface area contributed by atoms with E-state index in [9.17, 15) is 8.42 Å². The van der Waals surface area contributed by atoms with Crippen molar-refractivity contribution in [3.63, 3.8) is 0 Å². The molecule has 8 heteroatoms. The van der Waals surface area contributed by atoms with E-state index in [1.165, 1.54) is 6.26 Å². The number of pyridine rings is 1. The second kappa shape index (κ2) is 9.46. The van der Waals surface area contributed by atoms with Crippen LogP contribution in [0.2, 0.25) is 0 Å². The average Bonchev–Trinajstić information content (AvgIpc) is 2.50. The predicted octanol–water partition coefficient (Wildman–Crippen LogP) is 1.03. The SMILES string of the molecule is CCNC(=NCc1cccc(N(C)C)n1)NC(C)CCS(C)(=O)=O. The van der Waals surface area contributed by atoms with E-state index >= 15 is 0 Å². The predicted molar refractivity (Wildman–Crippen MR) is 100 cm³/mol. The molecular formula is C16H29N5O2S. The molecular weight excluding hydrogens is 326 g/mol. The van der Waals surface area contributed by atoms with E-state index in [1.807, 2.05) is 51.0 Å². The van der Waals surface area contributed by atoms with Gasteiger partial charge in [0.1, 0.15) is 15.7 Å². The summed E-state index contributed by atoms with van der Waals surface area (Å²) in [5.74, 6) is 1.71. The fraction of sp³-hybridized carbons (Fsp3) is 0.625. The number of hydrogen-bond donors (Lipinski definition) is 2. The van der Waals surface area contributed by atoms with Crippen molar-refractivity contribution in [2.45, 2.75) is 32.9 Å². The number of hydrogen-bond acceptors (Lipinski definition) is 5. The van der Waals surface area contributed by atoms with Gasteiger partial charge in [-0.25, -0.2) is 18.4 Å². The van der Waals surface area contributed by atoms with Crippen LogP contribution in [0.4, 0.5) is 5.82 Å². The Bertz CT molecular complexity index is 644. The molecule has 0 saturated heterocycles. The molecule has 0 aliphatic heterocycles. The highest BCUT2D eigenvalue weighted by atomic mass is 32.2. The fourth-order valence-corrected chi connectivity index (χ4v) is 2.76. The Morgan fingerprint density at radius 2 is 2.08 bits per heavy atom. The quantitative estimate of drug-likeness (QED) is 0.535. The van der Waals surface area contributed by atoms with Crippen molar-refractivity contribution in [3.05, 3.63) is 23.9 Å². The van der Waals surface area contributed by atoms with Crippen molar-refractivity contribution in [2.75, 3.05) is 37.5 Å². The second-order valence-corrected chi connectivity index (χ2v) is 8.30. The van der Waals surface area contributed by atoms with Crippen molar-refractivity contribution < 1.29 is 8.42 Å². The van der Waals surface area contributed by atoms with E-state index in [0.717, 1.165) is 18.1 Å². The van der Waals surface area contributed by atoms with E-state index in [-0.39, 0.29) is 11.8 Å². The van der Waals surface area contributed by atoms with Crippen molar-refractivity contribution in [1.29, 1.82) is 0 Å². The molecule has 136 valence electrons. The topological polar surface area (TPSA) is 86.7 Å². The summed E-state index contributed by atoms with van der Waals surface area (Å²) in [7, 11) is 0.947. The van der Waals surface area contributed by atoms with Gasteiger partial charge in [0.15, 0.2) is 5.96 Å². The fourth-order valence-electron chi connectivity index (χ4n) is 1.98. The van der Waals surface area contributed by atoms with Crippen LogP contribution in [0.25, 0.3) is 0 Å². The number of rotatable bonds is 8. The molecule has 0 radical (unpaired) electrons. The van der Waals surface area contributed by atoms with Gasteiger partial charge in [0.25, 0.3) is 0 Å². The number of guanidine groups is 1. The largest absolute Gasteiger partial charge is 0.363 e. The Balaban J connectivity index is 2.69. The van der Waals surface area contributed by atoms with Crippen LogP contribution >= 0.6 is 0 Å². The molecule has 1 aromatic rings. The highest BCUT2D eigenvalue weighted by Gasteiger charge is 2.09. The molecule has 1 unspecified atom stereocenters.